The fourth-order valence-electron chi connectivity index (χ4n) is 3.43. The van der Waals surface area contributed by atoms with Gasteiger partial charge in [-0.3, -0.25) is 4.90 Å². The number of hydrogen-bond donors (Lipinski definition) is 0. The molecule has 0 radical (unpaired) electrons. The molecule has 0 N–H and O–H groups in total. The summed E-state index contributed by atoms with van der Waals surface area (Å²) in [5.74, 6) is 0.502. The number of aromatic nitrogens is 1. The number of pyridine rings is 1. The van der Waals surface area contributed by atoms with Gasteiger partial charge in [0.1, 0.15) is 11.4 Å². The highest BCUT2D eigenvalue weighted by molar-refractivity contribution is 5.94. The van der Waals surface area contributed by atoms with Gasteiger partial charge < -0.3 is 9.64 Å². The summed E-state index contributed by atoms with van der Waals surface area (Å²) in [7, 11) is 0. The highest BCUT2D eigenvalue weighted by atomic mass is 16.5. The summed E-state index contributed by atoms with van der Waals surface area (Å²) in [6.45, 7) is 7.89. The lowest BCUT2D eigenvalue weighted by Crippen LogP contribution is -2.55. The van der Waals surface area contributed by atoms with E-state index in [1.165, 1.54) is 25.8 Å². The number of nitrogens with zero attached hydrogens (tertiary/aromatic N) is 3. The van der Waals surface area contributed by atoms with Crippen molar-refractivity contribution in [3.05, 3.63) is 23.9 Å². The van der Waals surface area contributed by atoms with E-state index in [0.29, 0.717) is 11.6 Å². The number of hydrogen-bond acceptors (Lipinski definition) is 5. The summed E-state index contributed by atoms with van der Waals surface area (Å²) in [6.07, 6.45) is 5.51. The average molecular weight is 303 g/mol. The molecule has 3 heterocycles. The molecule has 1 aromatic rings. The monoisotopic (exact) mass is 303 g/mol. The summed E-state index contributed by atoms with van der Waals surface area (Å²) >= 11 is 0. The summed E-state index contributed by atoms with van der Waals surface area (Å²) in [5, 5.41) is 0. The second-order valence-electron chi connectivity index (χ2n) is 6.46. The highest BCUT2D eigenvalue weighted by Crippen LogP contribution is 2.26. The van der Waals surface area contributed by atoms with Crippen LogP contribution < -0.4 is 4.90 Å². The van der Waals surface area contributed by atoms with Gasteiger partial charge in [0.05, 0.1) is 6.10 Å². The average Bonchev–Trinajstić information content (AvgIpc) is 2.54. The van der Waals surface area contributed by atoms with Crippen molar-refractivity contribution < 1.29 is 9.53 Å². The maximum atomic E-state index is 12.3. The van der Waals surface area contributed by atoms with Gasteiger partial charge in [-0.2, -0.15) is 0 Å². The molecule has 0 spiro atoms. The topological polar surface area (TPSA) is 45.7 Å². The second-order valence-corrected chi connectivity index (χ2v) is 6.46. The predicted molar refractivity (Wildman–Crippen MR) is 86.2 cm³/mol. The van der Waals surface area contributed by atoms with Crippen LogP contribution in [-0.2, 0) is 4.74 Å². The van der Waals surface area contributed by atoms with Crippen LogP contribution in [0.2, 0.25) is 0 Å². The van der Waals surface area contributed by atoms with E-state index < -0.39 is 0 Å². The first-order chi connectivity index (χ1) is 10.6. The first-order valence-corrected chi connectivity index (χ1v) is 8.30. The molecule has 2 aliphatic rings. The smallest absolute Gasteiger partial charge is 0.342 e. The zero-order valence-corrected chi connectivity index (χ0v) is 13.5. The molecule has 3 rings (SSSR count). The van der Waals surface area contributed by atoms with Crippen LogP contribution in [0.15, 0.2) is 18.3 Å². The van der Waals surface area contributed by atoms with Gasteiger partial charge in [-0.25, -0.2) is 9.78 Å². The SMILES string of the molecule is CC(C)OC(=O)c1cccnc1N1CCN2CCCC[C@H]2C1. The molecule has 120 valence electrons. The Morgan fingerprint density at radius 3 is 3.00 bits per heavy atom. The number of carbonyl (C=O) groups is 1. The van der Waals surface area contributed by atoms with Crippen LogP contribution in [0.3, 0.4) is 0 Å². The molecule has 22 heavy (non-hydrogen) atoms. The van der Waals surface area contributed by atoms with E-state index in [-0.39, 0.29) is 12.1 Å². The molecule has 0 unspecified atom stereocenters. The molecule has 0 aliphatic carbocycles. The summed E-state index contributed by atoms with van der Waals surface area (Å²) in [5.41, 5.74) is 0.584. The molecule has 2 saturated heterocycles. The van der Waals surface area contributed by atoms with Gasteiger partial charge in [0.25, 0.3) is 0 Å². The van der Waals surface area contributed by atoms with Gasteiger partial charge in [0.15, 0.2) is 0 Å². The van der Waals surface area contributed by atoms with Gasteiger partial charge in [0.2, 0.25) is 0 Å². The summed E-state index contributed by atoms with van der Waals surface area (Å²) in [4.78, 5) is 21.6. The molecule has 0 bridgehead atoms. The number of rotatable bonds is 3. The molecular formula is C17H25N3O2. The molecule has 2 aliphatic heterocycles. The van der Waals surface area contributed by atoms with Crippen molar-refractivity contribution in [1.82, 2.24) is 9.88 Å². The minimum Gasteiger partial charge on any atom is -0.459 e. The molecule has 0 aromatic carbocycles. The standard InChI is InChI=1S/C17H25N3O2/c1-13(2)22-17(21)15-7-5-8-18-16(15)20-11-10-19-9-4-3-6-14(19)12-20/h5,7-8,13-14H,3-4,6,9-12H2,1-2H3/t14-/m0/s1. The van der Waals surface area contributed by atoms with Crippen molar-refractivity contribution >= 4 is 11.8 Å². The Labute approximate surface area is 132 Å². The minimum atomic E-state index is -0.274. The van der Waals surface area contributed by atoms with Crippen LogP contribution in [0.5, 0.6) is 0 Å². The first kappa shape index (κ1) is 15.3. The quantitative estimate of drug-likeness (QED) is 0.802. The zero-order chi connectivity index (χ0) is 15.5. The Morgan fingerprint density at radius 1 is 1.32 bits per heavy atom. The molecule has 0 saturated carbocycles. The Hall–Kier alpha value is -1.62. The number of esters is 1. The number of piperazine rings is 1. The van der Waals surface area contributed by atoms with Gasteiger partial charge in [-0.1, -0.05) is 6.42 Å². The third-order valence-corrected chi connectivity index (χ3v) is 4.49. The van der Waals surface area contributed by atoms with Crippen LogP contribution in [-0.4, -0.2) is 54.2 Å². The number of fused-ring (bicyclic) bond motifs is 1. The lowest BCUT2D eigenvalue weighted by Gasteiger charge is -2.44. The van der Waals surface area contributed by atoms with E-state index in [2.05, 4.69) is 14.8 Å². The normalized spacial score (nSPS) is 22.5. The Bertz CT molecular complexity index is 532. The third-order valence-electron chi connectivity index (χ3n) is 4.49. The Balaban J connectivity index is 1.78. The molecule has 0 amide bonds. The van der Waals surface area contributed by atoms with Crippen molar-refractivity contribution in [2.45, 2.75) is 45.3 Å². The van der Waals surface area contributed by atoms with Crippen LogP contribution in [0.25, 0.3) is 0 Å². The fraction of sp³-hybridized carbons (Fsp3) is 0.647. The molecule has 2 fully saturated rings. The third kappa shape index (κ3) is 3.24. The van der Waals surface area contributed by atoms with Crippen molar-refractivity contribution in [2.24, 2.45) is 0 Å². The zero-order valence-electron chi connectivity index (χ0n) is 13.5. The van der Waals surface area contributed by atoms with Crippen LogP contribution in [0, 0.1) is 0 Å². The summed E-state index contributed by atoms with van der Waals surface area (Å²) < 4.78 is 5.36. The van der Waals surface area contributed by atoms with Gasteiger partial charge in [-0.15, -0.1) is 0 Å². The van der Waals surface area contributed by atoms with E-state index in [1.807, 2.05) is 19.9 Å². The van der Waals surface area contributed by atoms with Gasteiger partial charge in [-0.05, 0) is 45.4 Å². The number of carbonyl (C=O) groups excluding carboxylic acids is 1. The highest BCUT2D eigenvalue weighted by Gasteiger charge is 2.31. The Morgan fingerprint density at radius 2 is 2.18 bits per heavy atom. The second kappa shape index (κ2) is 6.65. The predicted octanol–water partition coefficient (Wildman–Crippen LogP) is 2.32. The van der Waals surface area contributed by atoms with E-state index in [1.54, 1.807) is 12.3 Å². The van der Waals surface area contributed by atoms with Crippen molar-refractivity contribution in [1.29, 1.82) is 0 Å². The number of piperidine rings is 1. The largest absolute Gasteiger partial charge is 0.459 e. The van der Waals surface area contributed by atoms with Crippen molar-refractivity contribution in [3.8, 4) is 0 Å². The van der Waals surface area contributed by atoms with E-state index in [0.717, 1.165) is 25.5 Å². The first-order valence-electron chi connectivity index (χ1n) is 8.30. The Kier molecular flexibility index (Phi) is 4.62. The molecule has 1 aromatic heterocycles. The maximum absolute atomic E-state index is 12.3. The molecule has 5 heteroatoms. The lowest BCUT2D eigenvalue weighted by atomic mass is 9.99. The van der Waals surface area contributed by atoms with Gasteiger partial charge in [0, 0.05) is 31.9 Å². The van der Waals surface area contributed by atoms with Crippen molar-refractivity contribution in [2.75, 3.05) is 31.1 Å². The lowest BCUT2D eigenvalue weighted by molar-refractivity contribution is 0.0377. The van der Waals surface area contributed by atoms with E-state index in [4.69, 9.17) is 4.74 Å². The van der Waals surface area contributed by atoms with Crippen LogP contribution >= 0.6 is 0 Å². The maximum Gasteiger partial charge on any atom is 0.342 e. The summed E-state index contributed by atoms with van der Waals surface area (Å²) in [6, 6.07) is 4.22. The molecule has 5 nitrogen and oxygen atoms in total. The van der Waals surface area contributed by atoms with Crippen molar-refractivity contribution in [3.63, 3.8) is 0 Å². The minimum absolute atomic E-state index is 0.115. The van der Waals surface area contributed by atoms with E-state index >= 15 is 0 Å². The molecule has 1 atom stereocenters. The number of ether oxygens (including phenoxy) is 1. The van der Waals surface area contributed by atoms with Crippen LogP contribution in [0.1, 0.15) is 43.5 Å². The van der Waals surface area contributed by atoms with Gasteiger partial charge >= 0.3 is 5.97 Å². The van der Waals surface area contributed by atoms with Crippen LogP contribution in [0.4, 0.5) is 5.82 Å². The van der Waals surface area contributed by atoms with E-state index in [9.17, 15) is 4.79 Å². The fourth-order valence-corrected chi connectivity index (χ4v) is 3.43. The molecular weight excluding hydrogens is 278 g/mol. The number of anilines is 1.